The van der Waals surface area contributed by atoms with Crippen LogP contribution < -0.4 is 10.6 Å². The molecule has 0 radical (unpaired) electrons. The van der Waals surface area contributed by atoms with Crippen LogP contribution in [-0.4, -0.2) is 61.8 Å². The number of halogens is 1. The molecule has 8 heteroatoms. The number of ether oxygens (including phenoxy) is 2. The van der Waals surface area contributed by atoms with Gasteiger partial charge in [0.1, 0.15) is 0 Å². The van der Waals surface area contributed by atoms with Crippen molar-refractivity contribution in [1.82, 2.24) is 20.4 Å². The fourth-order valence-electron chi connectivity index (χ4n) is 2.70. The molecule has 1 saturated heterocycles. The molecular formula is C18H34IN5O2. The van der Waals surface area contributed by atoms with E-state index < -0.39 is 0 Å². The van der Waals surface area contributed by atoms with Crippen LogP contribution in [0.3, 0.4) is 0 Å². The van der Waals surface area contributed by atoms with Gasteiger partial charge in [0.25, 0.3) is 0 Å². The summed E-state index contributed by atoms with van der Waals surface area (Å²) in [6, 6.07) is 0. The van der Waals surface area contributed by atoms with Gasteiger partial charge in [0, 0.05) is 51.5 Å². The number of rotatable bonds is 11. The molecule has 150 valence electrons. The Labute approximate surface area is 174 Å². The van der Waals surface area contributed by atoms with E-state index in [0.29, 0.717) is 5.92 Å². The Kier molecular flexibility index (Phi) is 12.7. The number of nitrogens with one attached hydrogen (secondary N) is 2. The standard InChI is InChI=1S/C18H33N5O2.HI/c1-3-19-18(20-7-4-9-23-13-16(2)12-22-23)21-8-5-10-24-14-17-6-11-25-15-17;/h12-13,17H,3-11,14-15H2,1-2H3,(H2,19,20,21);1H. The van der Waals surface area contributed by atoms with Gasteiger partial charge in [0.15, 0.2) is 5.96 Å². The van der Waals surface area contributed by atoms with Gasteiger partial charge in [-0.1, -0.05) is 0 Å². The van der Waals surface area contributed by atoms with Crippen LogP contribution in [0.15, 0.2) is 17.4 Å². The normalized spacial score (nSPS) is 17.2. The lowest BCUT2D eigenvalue weighted by Gasteiger charge is -2.12. The summed E-state index contributed by atoms with van der Waals surface area (Å²) in [5, 5.41) is 10.9. The van der Waals surface area contributed by atoms with Crippen molar-refractivity contribution in [2.45, 2.75) is 39.7 Å². The van der Waals surface area contributed by atoms with Crippen molar-refractivity contribution in [2.75, 3.05) is 46.1 Å². The lowest BCUT2D eigenvalue weighted by molar-refractivity contribution is 0.0888. The molecule has 1 fully saturated rings. The predicted molar refractivity (Wildman–Crippen MR) is 115 cm³/mol. The summed E-state index contributed by atoms with van der Waals surface area (Å²) in [6.45, 7) is 10.9. The van der Waals surface area contributed by atoms with Crippen LogP contribution in [0.4, 0.5) is 0 Å². The zero-order chi connectivity index (χ0) is 17.7. The Bertz CT molecular complexity index is 504. The van der Waals surface area contributed by atoms with Gasteiger partial charge >= 0.3 is 0 Å². The van der Waals surface area contributed by atoms with Gasteiger partial charge in [0.2, 0.25) is 0 Å². The molecule has 2 heterocycles. The van der Waals surface area contributed by atoms with Crippen molar-refractivity contribution in [3.63, 3.8) is 0 Å². The molecule has 0 saturated carbocycles. The van der Waals surface area contributed by atoms with Crippen LogP contribution in [0.5, 0.6) is 0 Å². The number of guanidine groups is 1. The minimum Gasteiger partial charge on any atom is -0.381 e. The van der Waals surface area contributed by atoms with Crippen LogP contribution in [0.2, 0.25) is 0 Å². The minimum absolute atomic E-state index is 0. The first-order valence-electron chi connectivity index (χ1n) is 9.44. The van der Waals surface area contributed by atoms with E-state index in [0.717, 1.165) is 77.8 Å². The molecule has 0 aliphatic carbocycles. The third-order valence-electron chi connectivity index (χ3n) is 4.06. The lowest BCUT2D eigenvalue weighted by atomic mass is 10.1. The summed E-state index contributed by atoms with van der Waals surface area (Å²) in [4.78, 5) is 4.61. The van der Waals surface area contributed by atoms with E-state index >= 15 is 0 Å². The molecule has 1 aliphatic rings. The second-order valence-electron chi connectivity index (χ2n) is 6.48. The number of nitrogens with zero attached hydrogens (tertiary/aromatic N) is 3. The number of hydrogen-bond donors (Lipinski definition) is 2. The van der Waals surface area contributed by atoms with E-state index in [2.05, 4.69) is 40.8 Å². The number of aromatic nitrogens is 2. The molecule has 1 aromatic rings. The molecule has 0 aromatic carbocycles. The second kappa shape index (κ2) is 14.2. The third kappa shape index (κ3) is 9.72. The highest BCUT2D eigenvalue weighted by Crippen LogP contribution is 2.12. The molecule has 26 heavy (non-hydrogen) atoms. The van der Waals surface area contributed by atoms with Crippen molar-refractivity contribution < 1.29 is 9.47 Å². The van der Waals surface area contributed by atoms with E-state index in [1.54, 1.807) is 0 Å². The van der Waals surface area contributed by atoms with Crippen LogP contribution in [-0.2, 0) is 16.0 Å². The highest BCUT2D eigenvalue weighted by Gasteiger charge is 2.15. The fourth-order valence-corrected chi connectivity index (χ4v) is 2.70. The van der Waals surface area contributed by atoms with Crippen LogP contribution >= 0.6 is 24.0 Å². The first-order chi connectivity index (χ1) is 12.3. The average Bonchev–Trinajstić information content (AvgIpc) is 3.26. The second-order valence-corrected chi connectivity index (χ2v) is 6.48. The Balaban J connectivity index is 0.00000338. The Morgan fingerprint density at radius 1 is 1.42 bits per heavy atom. The molecule has 2 rings (SSSR count). The van der Waals surface area contributed by atoms with E-state index in [1.807, 2.05) is 10.9 Å². The van der Waals surface area contributed by atoms with Crippen molar-refractivity contribution in [3.05, 3.63) is 18.0 Å². The molecular weight excluding hydrogens is 445 g/mol. The van der Waals surface area contributed by atoms with Gasteiger partial charge in [-0.05, 0) is 38.7 Å². The molecule has 1 aliphatic heterocycles. The molecule has 1 atom stereocenters. The quantitative estimate of drug-likeness (QED) is 0.220. The smallest absolute Gasteiger partial charge is 0.191 e. The highest BCUT2D eigenvalue weighted by molar-refractivity contribution is 14.0. The van der Waals surface area contributed by atoms with Crippen LogP contribution in [0.1, 0.15) is 31.7 Å². The summed E-state index contributed by atoms with van der Waals surface area (Å²) in [7, 11) is 0. The van der Waals surface area contributed by atoms with Gasteiger partial charge in [-0.15, -0.1) is 24.0 Å². The van der Waals surface area contributed by atoms with Crippen LogP contribution in [0, 0.1) is 12.8 Å². The minimum atomic E-state index is 0. The summed E-state index contributed by atoms with van der Waals surface area (Å²) < 4.78 is 13.0. The first kappa shape index (κ1) is 23.2. The van der Waals surface area contributed by atoms with Gasteiger partial charge < -0.3 is 20.1 Å². The van der Waals surface area contributed by atoms with E-state index in [-0.39, 0.29) is 24.0 Å². The first-order valence-corrected chi connectivity index (χ1v) is 9.44. The molecule has 1 unspecified atom stereocenters. The van der Waals surface area contributed by atoms with E-state index in [9.17, 15) is 0 Å². The fraction of sp³-hybridized carbons (Fsp3) is 0.778. The summed E-state index contributed by atoms with van der Waals surface area (Å²) in [5.74, 6) is 1.47. The maximum atomic E-state index is 5.72. The summed E-state index contributed by atoms with van der Waals surface area (Å²) in [5.41, 5.74) is 1.20. The van der Waals surface area contributed by atoms with E-state index in [4.69, 9.17) is 9.47 Å². The topological polar surface area (TPSA) is 72.7 Å². The molecule has 0 spiro atoms. The van der Waals surface area contributed by atoms with E-state index in [1.165, 1.54) is 5.56 Å². The van der Waals surface area contributed by atoms with Crippen molar-refractivity contribution in [2.24, 2.45) is 10.9 Å². The van der Waals surface area contributed by atoms with Gasteiger partial charge in [-0.25, -0.2) is 0 Å². The summed E-state index contributed by atoms with van der Waals surface area (Å²) in [6.07, 6.45) is 7.03. The molecule has 2 N–H and O–H groups in total. The highest BCUT2D eigenvalue weighted by atomic mass is 127. The van der Waals surface area contributed by atoms with Crippen molar-refractivity contribution in [1.29, 1.82) is 0 Å². The summed E-state index contributed by atoms with van der Waals surface area (Å²) >= 11 is 0. The van der Waals surface area contributed by atoms with Gasteiger partial charge in [0.05, 0.1) is 19.4 Å². The number of hydrogen-bond acceptors (Lipinski definition) is 4. The molecule has 0 amide bonds. The maximum Gasteiger partial charge on any atom is 0.191 e. The predicted octanol–water partition coefficient (Wildman–Crippen LogP) is 2.20. The maximum absolute atomic E-state index is 5.72. The van der Waals surface area contributed by atoms with Gasteiger partial charge in [-0.2, -0.15) is 5.10 Å². The molecule has 1 aromatic heterocycles. The van der Waals surface area contributed by atoms with Crippen molar-refractivity contribution in [3.8, 4) is 0 Å². The number of aliphatic imine (C=N–C) groups is 1. The van der Waals surface area contributed by atoms with Gasteiger partial charge in [-0.3, -0.25) is 9.67 Å². The SMILES string of the molecule is CCNC(=NCCCn1cc(C)cn1)NCCCOCC1CCOC1.I. The average molecular weight is 479 g/mol. The Morgan fingerprint density at radius 2 is 2.31 bits per heavy atom. The third-order valence-corrected chi connectivity index (χ3v) is 4.06. The number of aryl methyl sites for hydroxylation is 2. The van der Waals surface area contributed by atoms with Crippen LogP contribution in [0.25, 0.3) is 0 Å². The monoisotopic (exact) mass is 479 g/mol. The zero-order valence-electron chi connectivity index (χ0n) is 16.1. The largest absolute Gasteiger partial charge is 0.381 e. The lowest BCUT2D eigenvalue weighted by Crippen LogP contribution is -2.38. The Hall–Kier alpha value is -0.870. The molecule has 7 nitrogen and oxygen atoms in total. The molecule has 0 bridgehead atoms. The van der Waals surface area contributed by atoms with Crippen molar-refractivity contribution >= 4 is 29.9 Å². The Morgan fingerprint density at radius 3 is 3.00 bits per heavy atom. The zero-order valence-corrected chi connectivity index (χ0v) is 18.4.